The molecule has 0 aliphatic rings. The monoisotopic (exact) mass is 593 g/mol. The average Bonchev–Trinajstić information content (AvgIpc) is 3.28. The van der Waals surface area contributed by atoms with Crippen LogP contribution < -0.4 is 4.74 Å². The maximum atomic E-state index is 13.0. The van der Waals surface area contributed by atoms with Gasteiger partial charge in [0.25, 0.3) is 10.2 Å². The quantitative estimate of drug-likeness (QED) is 0.213. The van der Waals surface area contributed by atoms with Gasteiger partial charge in [-0.15, -0.1) is 6.42 Å². The van der Waals surface area contributed by atoms with Gasteiger partial charge in [0.05, 0.1) is 31.0 Å². The molecule has 0 aliphatic carbocycles. The summed E-state index contributed by atoms with van der Waals surface area (Å²) in [5.74, 6) is 2.74. The predicted molar refractivity (Wildman–Crippen MR) is 145 cm³/mol. The number of carbonyl (C=O) groups excluding carboxylic acids is 1. The van der Waals surface area contributed by atoms with Crippen molar-refractivity contribution in [3.8, 4) is 29.5 Å². The smallest absolute Gasteiger partial charge is 0.416 e. The number of halogens is 3. The van der Waals surface area contributed by atoms with Gasteiger partial charge in [-0.25, -0.2) is 4.98 Å². The first-order chi connectivity index (χ1) is 19.3. The van der Waals surface area contributed by atoms with E-state index in [1.54, 1.807) is 38.1 Å². The highest BCUT2D eigenvalue weighted by Gasteiger charge is 2.31. The van der Waals surface area contributed by atoms with Gasteiger partial charge in [-0.1, -0.05) is 18.1 Å². The van der Waals surface area contributed by atoms with Crippen molar-refractivity contribution >= 4 is 16.2 Å². The van der Waals surface area contributed by atoms with Gasteiger partial charge in [0.15, 0.2) is 0 Å². The maximum absolute atomic E-state index is 13.0. The molecule has 0 bridgehead atoms. The maximum Gasteiger partial charge on any atom is 0.416 e. The molecular weight excluding hydrogens is 563 g/mol. The van der Waals surface area contributed by atoms with Crippen LogP contribution in [0.2, 0.25) is 0 Å². The number of hydrogen-bond acceptors (Lipinski definition) is 7. The van der Waals surface area contributed by atoms with E-state index in [2.05, 4.69) is 10.9 Å². The molecule has 220 valence electrons. The van der Waals surface area contributed by atoms with Crippen LogP contribution in [0.3, 0.4) is 0 Å². The summed E-state index contributed by atoms with van der Waals surface area (Å²) in [6.07, 6.45) is 1.18. The number of nitrogens with zero attached hydrogens (tertiary/aromatic N) is 3. The third-order valence-corrected chi connectivity index (χ3v) is 7.69. The van der Waals surface area contributed by atoms with Gasteiger partial charge in [0.2, 0.25) is 5.89 Å². The van der Waals surface area contributed by atoms with Crippen LogP contribution in [0.25, 0.3) is 11.5 Å². The number of ether oxygens (including phenoxy) is 2. The zero-order valence-electron chi connectivity index (χ0n) is 22.8. The van der Waals surface area contributed by atoms with Crippen molar-refractivity contribution in [3.63, 3.8) is 0 Å². The lowest BCUT2D eigenvalue weighted by molar-refractivity contribution is -0.143. The fourth-order valence-electron chi connectivity index (χ4n) is 3.76. The number of terminal acetylenes is 1. The third-order valence-electron chi connectivity index (χ3n) is 5.86. The van der Waals surface area contributed by atoms with Gasteiger partial charge < -0.3 is 13.9 Å². The van der Waals surface area contributed by atoms with Gasteiger partial charge in [-0.3, -0.25) is 4.79 Å². The Morgan fingerprint density at radius 3 is 2.51 bits per heavy atom. The molecule has 0 radical (unpaired) electrons. The number of aromatic nitrogens is 1. The number of benzene rings is 2. The molecule has 9 nitrogen and oxygen atoms in total. The predicted octanol–water partition coefficient (Wildman–Crippen LogP) is 4.47. The summed E-state index contributed by atoms with van der Waals surface area (Å²) in [5, 5.41) is 0. The van der Waals surface area contributed by atoms with Crippen LogP contribution in [-0.2, 0) is 38.9 Å². The summed E-state index contributed by atoms with van der Waals surface area (Å²) in [6, 6.07) is 11.3. The fraction of sp³-hybridized carbons (Fsp3) is 0.357. The highest BCUT2D eigenvalue weighted by atomic mass is 32.2. The van der Waals surface area contributed by atoms with E-state index in [9.17, 15) is 26.4 Å². The van der Waals surface area contributed by atoms with E-state index in [0.29, 0.717) is 34.8 Å². The van der Waals surface area contributed by atoms with Crippen molar-refractivity contribution in [2.24, 2.45) is 0 Å². The van der Waals surface area contributed by atoms with E-state index in [1.165, 1.54) is 19.2 Å². The summed E-state index contributed by atoms with van der Waals surface area (Å²) in [7, 11) is -2.75. The zero-order chi connectivity index (χ0) is 30.2. The molecule has 0 fully saturated rings. The van der Waals surface area contributed by atoms with Gasteiger partial charge in [-0.2, -0.15) is 30.2 Å². The Kier molecular flexibility index (Phi) is 10.6. The summed E-state index contributed by atoms with van der Waals surface area (Å²) < 4.78 is 82.9. The van der Waals surface area contributed by atoms with Crippen molar-refractivity contribution in [2.75, 3.05) is 33.4 Å². The fourth-order valence-corrected chi connectivity index (χ4v) is 4.98. The van der Waals surface area contributed by atoms with Gasteiger partial charge in [0, 0.05) is 25.6 Å². The molecule has 0 saturated heterocycles. The highest BCUT2D eigenvalue weighted by molar-refractivity contribution is 7.86. The number of carbonyl (C=O) groups is 1. The first-order valence-corrected chi connectivity index (χ1v) is 13.9. The Labute approximate surface area is 237 Å². The Balaban J connectivity index is 1.67. The van der Waals surface area contributed by atoms with Crippen LogP contribution >= 0.6 is 0 Å². The molecule has 0 unspecified atom stereocenters. The standard InChI is InChI=1S/C28H30F3N3O6S/c1-5-15-33(4)41(36,37)34(19-26(35)38-6-2)18-21-8-7-9-24(17-21)39-16-14-25-20(3)40-27(32-25)22-10-12-23(13-11-22)28(29,30)31/h1,7-13,17H,6,14-16,18-19H2,2-4H3. The van der Waals surface area contributed by atoms with Crippen molar-refractivity contribution in [1.82, 2.24) is 13.6 Å². The Bertz CT molecular complexity index is 1480. The lowest BCUT2D eigenvalue weighted by Crippen LogP contribution is -2.44. The molecule has 3 aromatic rings. The minimum absolute atomic E-state index is 0.104. The van der Waals surface area contributed by atoms with Crippen molar-refractivity contribution in [1.29, 1.82) is 0 Å². The molecule has 0 atom stereocenters. The average molecular weight is 594 g/mol. The summed E-state index contributed by atoms with van der Waals surface area (Å²) in [5.41, 5.74) is 0.795. The lowest BCUT2D eigenvalue weighted by atomic mass is 10.1. The van der Waals surface area contributed by atoms with E-state index >= 15 is 0 Å². The normalized spacial score (nSPS) is 12.0. The van der Waals surface area contributed by atoms with Crippen molar-refractivity contribution in [2.45, 2.75) is 33.0 Å². The molecule has 0 amide bonds. The van der Waals surface area contributed by atoms with Crippen LogP contribution in [-0.4, -0.2) is 61.3 Å². The minimum Gasteiger partial charge on any atom is -0.493 e. The van der Waals surface area contributed by atoms with Gasteiger partial charge >= 0.3 is 12.1 Å². The molecule has 1 heterocycles. The van der Waals surface area contributed by atoms with E-state index in [1.807, 2.05) is 0 Å². The molecule has 0 spiro atoms. The highest BCUT2D eigenvalue weighted by Crippen LogP contribution is 2.31. The second-order valence-corrected chi connectivity index (χ2v) is 10.9. The minimum atomic E-state index is -4.43. The molecule has 2 aromatic carbocycles. The first kappa shape index (κ1) is 31.7. The Hall–Kier alpha value is -3.86. The lowest BCUT2D eigenvalue weighted by Gasteiger charge is -2.26. The van der Waals surface area contributed by atoms with E-state index in [0.717, 1.165) is 20.7 Å². The van der Waals surface area contributed by atoms with Gasteiger partial charge in [0.1, 0.15) is 18.1 Å². The summed E-state index contributed by atoms with van der Waals surface area (Å²) in [6.45, 7) is 2.82. The molecule has 0 N–H and O–H groups in total. The van der Waals surface area contributed by atoms with Crippen molar-refractivity contribution < 1.29 is 40.3 Å². The van der Waals surface area contributed by atoms with Crippen LogP contribution in [0.1, 0.15) is 29.5 Å². The summed E-state index contributed by atoms with van der Waals surface area (Å²) >= 11 is 0. The second-order valence-electron chi connectivity index (χ2n) is 8.88. The van der Waals surface area contributed by atoms with Crippen LogP contribution in [0.5, 0.6) is 5.75 Å². The van der Waals surface area contributed by atoms with E-state index in [-0.39, 0.29) is 32.2 Å². The topological polar surface area (TPSA) is 102 Å². The number of oxazole rings is 1. The van der Waals surface area contributed by atoms with E-state index < -0.39 is 34.5 Å². The molecule has 41 heavy (non-hydrogen) atoms. The third kappa shape index (κ3) is 8.56. The first-order valence-electron chi connectivity index (χ1n) is 12.5. The number of rotatable bonds is 13. The Morgan fingerprint density at radius 1 is 1.17 bits per heavy atom. The molecule has 0 aliphatic heterocycles. The number of aryl methyl sites for hydroxylation is 1. The number of hydrogen-bond donors (Lipinski definition) is 0. The molecule has 13 heteroatoms. The number of esters is 1. The van der Waals surface area contributed by atoms with Crippen molar-refractivity contribution in [3.05, 3.63) is 71.1 Å². The van der Waals surface area contributed by atoms with Crippen LogP contribution in [0.15, 0.2) is 52.9 Å². The Morgan fingerprint density at radius 2 is 1.88 bits per heavy atom. The molecule has 1 aromatic heterocycles. The van der Waals surface area contributed by atoms with E-state index in [4.69, 9.17) is 20.3 Å². The number of alkyl halides is 3. The second kappa shape index (κ2) is 13.7. The SMILES string of the molecule is C#CCN(C)S(=O)(=O)N(CC(=O)OCC)Cc1cccc(OCCc2nc(-c3ccc(C(F)(F)F)cc3)oc2C)c1. The molecular formula is C28H30F3N3O6S. The molecule has 0 saturated carbocycles. The van der Waals surface area contributed by atoms with Gasteiger partial charge in [-0.05, 0) is 55.8 Å². The largest absolute Gasteiger partial charge is 0.493 e. The van der Waals surface area contributed by atoms with Crippen LogP contribution in [0.4, 0.5) is 13.2 Å². The van der Waals surface area contributed by atoms with Crippen LogP contribution in [0, 0.1) is 19.3 Å². The zero-order valence-corrected chi connectivity index (χ0v) is 23.6. The molecule has 3 rings (SSSR count). The summed E-state index contributed by atoms with van der Waals surface area (Å²) in [4.78, 5) is 16.5.